The van der Waals surface area contributed by atoms with Crippen LogP contribution in [0.2, 0.25) is 0 Å². The average Bonchev–Trinajstić information content (AvgIpc) is 3.22. The van der Waals surface area contributed by atoms with Gasteiger partial charge in [-0.2, -0.15) is 4.98 Å². The van der Waals surface area contributed by atoms with Gasteiger partial charge in [0.05, 0.1) is 27.4 Å². The summed E-state index contributed by atoms with van der Waals surface area (Å²) in [5.74, 6) is 3.29. The zero-order valence-corrected chi connectivity index (χ0v) is 15.9. The summed E-state index contributed by atoms with van der Waals surface area (Å²) in [7, 11) is 4.89. The van der Waals surface area contributed by atoms with Crippen LogP contribution in [0.5, 0.6) is 17.2 Å². The molecular formula is C20H23N3O4. The lowest BCUT2D eigenvalue weighted by Crippen LogP contribution is -2.18. The molecule has 7 heteroatoms. The molecule has 0 spiro atoms. The molecule has 0 aliphatic carbocycles. The van der Waals surface area contributed by atoms with E-state index >= 15 is 0 Å². The summed E-state index contributed by atoms with van der Waals surface area (Å²) in [5.41, 5.74) is 1.87. The Hall–Kier alpha value is -3.06. The van der Waals surface area contributed by atoms with Crippen LogP contribution in [0.25, 0.3) is 11.4 Å². The van der Waals surface area contributed by atoms with Crippen LogP contribution in [0.3, 0.4) is 0 Å². The van der Waals surface area contributed by atoms with Gasteiger partial charge in [-0.15, -0.1) is 0 Å². The highest BCUT2D eigenvalue weighted by atomic mass is 16.5. The molecule has 1 N–H and O–H groups in total. The maximum absolute atomic E-state index is 5.42. The number of rotatable bonds is 8. The smallest absolute Gasteiger partial charge is 0.243 e. The molecule has 1 aromatic heterocycles. The SMILES string of the molecule is COc1cc(CNC(C)c2nc(-c3cccc(OC)c3)no2)cc(OC)c1. The Labute approximate surface area is 158 Å². The summed E-state index contributed by atoms with van der Waals surface area (Å²) in [6, 6.07) is 13.2. The normalized spacial score (nSPS) is 11.9. The van der Waals surface area contributed by atoms with Crippen LogP contribution in [-0.2, 0) is 6.54 Å². The highest BCUT2D eigenvalue weighted by molar-refractivity contribution is 5.56. The summed E-state index contributed by atoms with van der Waals surface area (Å²) >= 11 is 0. The lowest BCUT2D eigenvalue weighted by Gasteiger charge is -2.12. The fraction of sp³-hybridized carbons (Fsp3) is 0.300. The van der Waals surface area contributed by atoms with Gasteiger partial charge in [-0.05, 0) is 36.8 Å². The van der Waals surface area contributed by atoms with Gasteiger partial charge < -0.3 is 24.1 Å². The topological polar surface area (TPSA) is 78.6 Å². The fourth-order valence-corrected chi connectivity index (χ4v) is 2.62. The zero-order chi connectivity index (χ0) is 19.2. The monoisotopic (exact) mass is 369 g/mol. The first-order chi connectivity index (χ1) is 13.1. The number of benzene rings is 2. The van der Waals surface area contributed by atoms with Gasteiger partial charge in [0.2, 0.25) is 11.7 Å². The van der Waals surface area contributed by atoms with Crippen molar-refractivity contribution in [2.45, 2.75) is 19.5 Å². The molecule has 1 unspecified atom stereocenters. The lowest BCUT2D eigenvalue weighted by atomic mass is 10.2. The molecule has 3 aromatic rings. The number of nitrogens with zero attached hydrogens (tertiary/aromatic N) is 2. The third-order valence-corrected chi connectivity index (χ3v) is 4.16. The van der Waals surface area contributed by atoms with E-state index in [4.69, 9.17) is 18.7 Å². The molecule has 0 saturated heterocycles. The summed E-state index contributed by atoms with van der Waals surface area (Å²) in [5, 5.41) is 7.44. The van der Waals surface area contributed by atoms with Gasteiger partial charge in [0.15, 0.2) is 0 Å². The Kier molecular flexibility index (Phi) is 5.93. The van der Waals surface area contributed by atoms with Gasteiger partial charge in [0.1, 0.15) is 17.2 Å². The second-order valence-electron chi connectivity index (χ2n) is 6.01. The Bertz CT molecular complexity index is 872. The first kappa shape index (κ1) is 18.7. The van der Waals surface area contributed by atoms with Crippen LogP contribution in [0.4, 0.5) is 0 Å². The molecule has 0 radical (unpaired) electrons. The molecule has 0 amide bonds. The molecule has 0 bridgehead atoms. The quantitative estimate of drug-likeness (QED) is 0.650. The third-order valence-electron chi connectivity index (χ3n) is 4.16. The molecule has 27 heavy (non-hydrogen) atoms. The first-order valence-electron chi connectivity index (χ1n) is 8.56. The number of nitrogens with one attached hydrogen (secondary N) is 1. The van der Waals surface area contributed by atoms with E-state index in [0.29, 0.717) is 18.3 Å². The molecule has 142 valence electrons. The van der Waals surface area contributed by atoms with Crippen LogP contribution in [-0.4, -0.2) is 31.5 Å². The van der Waals surface area contributed by atoms with E-state index in [1.54, 1.807) is 21.3 Å². The minimum atomic E-state index is -0.117. The predicted molar refractivity (Wildman–Crippen MR) is 101 cm³/mol. The van der Waals surface area contributed by atoms with Gasteiger partial charge in [-0.3, -0.25) is 0 Å². The highest BCUT2D eigenvalue weighted by Crippen LogP contribution is 2.24. The second-order valence-corrected chi connectivity index (χ2v) is 6.01. The minimum Gasteiger partial charge on any atom is -0.497 e. The molecule has 0 fully saturated rings. The van der Waals surface area contributed by atoms with E-state index in [9.17, 15) is 0 Å². The first-order valence-corrected chi connectivity index (χ1v) is 8.56. The van der Waals surface area contributed by atoms with E-state index in [-0.39, 0.29) is 6.04 Å². The minimum absolute atomic E-state index is 0.117. The van der Waals surface area contributed by atoms with Crippen LogP contribution in [0.1, 0.15) is 24.4 Å². The van der Waals surface area contributed by atoms with Crippen molar-refractivity contribution in [2.24, 2.45) is 0 Å². The molecule has 0 aliphatic rings. The van der Waals surface area contributed by atoms with E-state index in [1.165, 1.54) is 0 Å². The van der Waals surface area contributed by atoms with E-state index in [0.717, 1.165) is 28.4 Å². The lowest BCUT2D eigenvalue weighted by molar-refractivity contribution is 0.338. The Balaban J connectivity index is 1.68. The van der Waals surface area contributed by atoms with Gasteiger partial charge in [0, 0.05) is 18.2 Å². The van der Waals surface area contributed by atoms with Crippen molar-refractivity contribution in [1.29, 1.82) is 0 Å². The van der Waals surface area contributed by atoms with Gasteiger partial charge >= 0.3 is 0 Å². The molecular weight excluding hydrogens is 346 g/mol. The summed E-state index contributed by atoms with van der Waals surface area (Å²) in [6.45, 7) is 2.58. The molecule has 1 atom stereocenters. The summed E-state index contributed by atoms with van der Waals surface area (Å²) < 4.78 is 21.3. The third kappa shape index (κ3) is 4.57. The van der Waals surface area contributed by atoms with Crippen LogP contribution < -0.4 is 19.5 Å². The van der Waals surface area contributed by atoms with Crippen molar-refractivity contribution in [2.75, 3.05) is 21.3 Å². The van der Waals surface area contributed by atoms with E-state index in [2.05, 4.69) is 15.5 Å². The van der Waals surface area contributed by atoms with Crippen molar-refractivity contribution in [3.05, 3.63) is 53.9 Å². The number of ether oxygens (including phenoxy) is 3. The van der Waals surface area contributed by atoms with Gasteiger partial charge in [-0.1, -0.05) is 17.3 Å². The van der Waals surface area contributed by atoms with E-state index < -0.39 is 0 Å². The van der Waals surface area contributed by atoms with Crippen molar-refractivity contribution >= 4 is 0 Å². The van der Waals surface area contributed by atoms with Crippen LogP contribution in [0, 0.1) is 0 Å². The van der Waals surface area contributed by atoms with Crippen molar-refractivity contribution in [3.63, 3.8) is 0 Å². The molecule has 3 rings (SSSR count). The largest absolute Gasteiger partial charge is 0.497 e. The summed E-state index contributed by atoms with van der Waals surface area (Å²) in [4.78, 5) is 4.49. The average molecular weight is 369 g/mol. The summed E-state index contributed by atoms with van der Waals surface area (Å²) in [6.07, 6.45) is 0. The van der Waals surface area contributed by atoms with Crippen molar-refractivity contribution in [3.8, 4) is 28.6 Å². The highest BCUT2D eigenvalue weighted by Gasteiger charge is 2.15. The molecule has 0 aliphatic heterocycles. The predicted octanol–water partition coefficient (Wildman–Crippen LogP) is 3.61. The molecule has 7 nitrogen and oxygen atoms in total. The number of hydrogen-bond acceptors (Lipinski definition) is 7. The maximum Gasteiger partial charge on any atom is 0.243 e. The maximum atomic E-state index is 5.42. The zero-order valence-electron chi connectivity index (χ0n) is 15.9. The number of hydrogen-bond donors (Lipinski definition) is 1. The molecule has 0 saturated carbocycles. The number of aromatic nitrogens is 2. The van der Waals surface area contributed by atoms with Crippen molar-refractivity contribution < 1.29 is 18.7 Å². The van der Waals surface area contributed by atoms with E-state index in [1.807, 2.05) is 49.4 Å². The van der Waals surface area contributed by atoms with Gasteiger partial charge in [-0.25, -0.2) is 0 Å². The molecule has 1 heterocycles. The molecule has 2 aromatic carbocycles. The van der Waals surface area contributed by atoms with Crippen molar-refractivity contribution in [1.82, 2.24) is 15.5 Å². The Morgan fingerprint density at radius 1 is 0.963 bits per heavy atom. The Morgan fingerprint density at radius 3 is 2.33 bits per heavy atom. The second kappa shape index (κ2) is 8.55. The standard InChI is InChI=1S/C20H23N3O4/c1-13(21-12-14-8-17(25-3)11-18(9-14)26-4)20-22-19(23-27-20)15-6-5-7-16(10-15)24-2/h5-11,13,21H,12H2,1-4H3. The fourth-order valence-electron chi connectivity index (χ4n) is 2.62. The van der Waals surface area contributed by atoms with Crippen LogP contribution >= 0.6 is 0 Å². The number of methoxy groups -OCH3 is 3. The Morgan fingerprint density at radius 2 is 1.67 bits per heavy atom. The van der Waals surface area contributed by atoms with Gasteiger partial charge in [0.25, 0.3) is 0 Å². The van der Waals surface area contributed by atoms with Crippen LogP contribution in [0.15, 0.2) is 47.0 Å².